The first kappa shape index (κ1) is 13.6. The molecule has 0 aromatic heterocycles. The van der Waals surface area contributed by atoms with Gasteiger partial charge in [0.15, 0.2) is 0 Å². The van der Waals surface area contributed by atoms with E-state index in [2.05, 4.69) is 46.9 Å². The number of hydrogen-bond donors (Lipinski definition) is 1. The van der Waals surface area contributed by atoms with Crippen LogP contribution in [0.2, 0.25) is 0 Å². The second kappa shape index (κ2) is 5.87. The van der Waals surface area contributed by atoms with Crippen LogP contribution < -0.4 is 5.73 Å². The molecule has 0 saturated heterocycles. The summed E-state index contributed by atoms with van der Waals surface area (Å²) >= 11 is 3.59. The fraction of sp³-hybridized carbons (Fsp3) is 0.533. The predicted octanol–water partition coefficient (Wildman–Crippen LogP) is 4.63. The van der Waals surface area contributed by atoms with Gasteiger partial charge in [0.2, 0.25) is 0 Å². The molecule has 1 aromatic rings. The lowest BCUT2D eigenvalue weighted by Crippen LogP contribution is -2.25. The number of amidine groups is 1. The predicted molar refractivity (Wildman–Crippen MR) is 81.5 cm³/mol. The minimum atomic E-state index is 0.478. The molecule has 1 aromatic carbocycles. The molecule has 3 heteroatoms. The first-order chi connectivity index (χ1) is 8.58. The van der Waals surface area contributed by atoms with E-state index in [1.54, 1.807) is 0 Å². The number of halogens is 1. The van der Waals surface area contributed by atoms with Crippen LogP contribution in [-0.4, -0.2) is 5.84 Å². The Balaban J connectivity index is 2.26. The summed E-state index contributed by atoms with van der Waals surface area (Å²) in [5.74, 6) is 1.29. The zero-order valence-electron chi connectivity index (χ0n) is 11.2. The molecule has 0 bridgehead atoms. The third kappa shape index (κ3) is 3.14. The maximum Gasteiger partial charge on any atom is 0.103 e. The Bertz CT molecular complexity index is 437. The van der Waals surface area contributed by atoms with Gasteiger partial charge < -0.3 is 5.73 Å². The van der Waals surface area contributed by atoms with Gasteiger partial charge in [0, 0.05) is 10.4 Å². The topological polar surface area (TPSA) is 38.4 Å². The molecule has 2 rings (SSSR count). The van der Waals surface area contributed by atoms with E-state index in [4.69, 9.17) is 5.73 Å². The molecule has 0 heterocycles. The van der Waals surface area contributed by atoms with Gasteiger partial charge in [-0.05, 0) is 59.8 Å². The van der Waals surface area contributed by atoms with Crippen molar-refractivity contribution in [1.29, 1.82) is 0 Å². The highest BCUT2D eigenvalue weighted by atomic mass is 79.9. The Labute approximate surface area is 118 Å². The molecular weight excluding hydrogens is 288 g/mol. The summed E-state index contributed by atoms with van der Waals surface area (Å²) in [6.45, 7) is 4.18. The average molecular weight is 309 g/mol. The average Bonchev–Trinajstić information content (AvgIpc) is 2.34. The maximum atomic E-state index is 6.19. The SMILES string of the molecule is Cc1cc(C)c(N=C(N)C2CCCCC2)c(Br)c1. The standard InChI is InChI=1S/C15H21BrN2/c1-10-8-11(2)14(13(16)9-10)18-15(17)12-6-4-3-5-7-12/h8-9,12H,3-7H2,1-2H3,(H2,17,18). The second-order valence-corrected chi connectivity index (χ2v) is 6.14. The number of aliphatic imine (C=N–C) groups is 1. The van der Waals surface area contributed by atoms with Crippen molar-refractivity contribution in [2.45, 2.75) is 46.0 Å². The molecule has 2 N–H and O–H groups in total. The number of nitrogens with zero attached hydrogens (tertiary/aromatic N) is 1. The molecule has 98 valence electrons. The van der Waals surface area contributed by atoms with Gasteiger partial charge in [0.25, 0.3) is 0 Å². The van der Waals surface area contributed by atoms with Crippen LogP contribution >= 0.6 is 15.9 Å². The van der Waals surface area contributed by atoms with Gasteiger partial charge in [-0.15, -0.1) is 0 Å². The Kier molecular flexibility index (Phi) is 4.44. The van der Waals surface area contributed by atoms with E-state index >= 15 is 0 Å². The molecule has 1 aliphatic carbocycles. The quantitative estimate of drug-likeness (QED) is 0.627. The highest BCUT2D eigenvalue weighted by Gasteiger charge is 2.17. The van der Waals surface area contributed by atoms with E-state index in [-0.39, 0.29) is 0 Å². The van der Waals surface area contributed by atoms with Crippen molar-refractivity contribution in [2.24, 2.45) is 16.6 Å². The van der Waals surface area contributed by atoms with E-state index in [0.29, 0.717) is 5.92 Å². The van der Waals surface area contributed by atoms with Crippen molar-refractivity contribution in [3.05, 3.63) is 27.7 Å². The van der Waals surface area contributed by atoms with Crippen molar-refractivity contribution < 1.29 is 0 Å². The molecule has 1 saturated carbocycles. The molecule has 0 radical (unpaired) electrons. The summed E-state index contributed by atoms with van der Waals surface area (Å²) in [5, 5.41) is 0. The van der Waals surface area contributed by atoms with Gasteiger partial charge in [-0.3, -0.25) is 0 Å². The van der Waals surface area contributed by atoms with Gasteiger partial charge >= 0.3 is 0 Å². The van der Waals surface area contributed by atoms with Gasteiger partial charge in [-0.25, -0.2) is 4.99 Å². The van der Waals surface area contributed by atoms with Crippen LogP contribution in [0.25, 0.3) is 0 Å². The lowest BCUT2D eigenvalue weighted by molar-refractivity contribution is 0.437. The summed E-state index contributed by atoms with van der Waals surface area (Å²) < 4.78 is 1.04. The van der Waals surface area contributed by atoms with Crippen LogP contribution in [0.4, 0.5) is 5.69 Å². The smallest absolute Gasteiger partial charge is 0.103 e. The fourth-order valence-corrected chi connectivity index (χ4v) is 3.43. The lowest BCUT2D eigenvalue weighted by Gasteiger charge is -2.21. The van der Waals surface area contributed by atoms with Gasteiger partial charge in [-0.2, -0.15) is 0 Å². The zero-order chi connectivity index (χ0) is 13.1. The molecule has 2 nitrogen and oxygen atoms in total. The van der Waals surface area contributed by atoms with E-state index in [1.807, 2.05) is 0 Å². The summed E-state index contributed by atoms with van der Waals surface area (Å²) in [6, 6.07) is 4.25. The van der Waals surface area contributed by atoms with Crippen LogP contribution in [0.15, 0.2) is 21.6 Å². The molecule has 0 spiro atoms. The molecule has 1 fully saturated rings. The first-order valence-corrected chi connectivity index (χ1v) is 7.48. The monoisotopic (exact) mass is 308 g/mol. The molecule has 0 aliphatic heterocycles. The fourth-order valence-electron chi connectivity index (χ4n) is 2.67. The van der Waals surface area contributed by atoms with Crippen molar-refractivity contribution in [1.82, 2.24) is 0 Å². The second-order valence-electron chi connectivity index (χ2n) is 5.28. The Morgan fingerprint density at radius 3 is 2.50 bits per heavy atom. The summed E-state index contributed by atoms with van der Waals surface area (Å²) in [7, 11) is 0. The number of nitrogens with two attached hydrogens (primary N) is 1. The highest BCUT2D eigenvalue weighted by Crippen LogP contribution is 2.32. The first-order valence-electron chi connectivity index (χ1n) is 6.68. The van der Waals surface area contributed by atoms with Crippen molar-refractivity contribution in [3.8, 4) is 0 Å². The van der Waals surface area contributed by atoms with E-state index in [0.717, 1.165) is 16.0 Å². The zero-order valence-corrected chi connectivity index (χ0v) is 12.8. The number of aryl methyl sites for hydroxylation is 2. The van der Waals surface area contributed by atoms with E-state index in [1.165, 1.54) is 43.2 Å². The molecule has 18 heavy (non-hydrogen) atoms. The number of rotatable bonds is 2. The third-order valence-corrected chi connectivity index (χ3v) is 4.27. The summed E-state index contributed by atoms with van der Waals surface area (Å²) in [4.78, 5) is 4.67. The van der Waals surface area contributed by atoms with Crippen molar-refractivity contribution in [2.75, 3.05) is 0 Å². The van der Waals surface area contributed by atoms with Crippen LogP contribution in [-0.2, 0) is 0 Å². The maximum absolute atomic E-state index is 6.19. The Morgan fingerprint density at radius 2 is 1.89 bits per heavy atom. The largest absolute Gasteiger partial charge is 0.387 e. The van der Waals surface area contributed by atoms with Crippen molar-refractivity contribution in [3.63, 3.8) is 0 Å². The van der Waals surface area contributed by atoms with E-state index in [9.17, 15) is 0 Å². The van der Waals surface area contributed by atoms with Crippen LogP contribution in [0.3, 0.4) is 0 Å². The Morgan fingerprint density at radius 1 is 1.22 bits per heavy atom. The molecular formula is C15H21BrN2. The summed E-state index contributed by atoms with van der Waals surface area (Å²) in [5.41, 5.74) is 9.60. The third-order valence-electron chi connectivity index (χ3n) is 3.66. The minimum Gasteiger partial charge on any atom is -0.387 e. The van der Waals surface area contributed by atoms with Crippen LogP contribution in [0.5, 0.6) is 0 Å². The summed E-state index contributed by atoms with van der Waals surface area (Å²) in [6.07, 6.45) is 6.30. The molecule has 0 atom stereocenters. The van der Waals surface area contributed by atoms with Crippen molar-refractivity contribution >= 4 is 27.5 Å². The lowest BCUT2D eigenvalue weighted by atomic mass is 9.88. The minimum absolute atomic E-state index is 0.478. The van der Waals surface area contributed by atoms with Gasteiger partial charge in [0.1, 0.15) is 5.84 Å². The van der Waals surface area contributed by atoms with Gasteiger partial charge in [0.05, 0.1) is 5.69 Å². The molecule has 0 unspecified atom stereocenters. The van der Waals surface area contributed by atoms with Crippen LogP contribution in [0, 0.1) is 19.8 Å². The number of hydrogen-bond acceptors (Lipinski definition) is 1. The molecule has 0 amide bonds. The highest BCUT2D eigenvalue weighted by molar-refractivity contribution is 9.10. The number of benzene rings is 1. The van der Waals surface area contributed by atoms with Crippen LogP contribution in [0.1, 0.15) is 43.2 Å². The Hall–Kier alpha value is -0.830. The normalized spacial score (nSPS) is 18.1. The molecule has 1 aliphatic rings. The van der Waals surface area contributed by atoms with E-state index < -0.39 is 0 Å². The van der Waals surface area contributed by atoms with Gasteiger partial charge in [-0.1, -0.05) is 25.3 Å².